The Labute approximate surface area is 124 Å². The molecule has 0 spiro atoms. The molecule has 4 N–H and O–H groups in total. The van der Waals surface area contributed by atoms with Crippen LogP contribution in [-0.2, 0) is 17.6 Å². The quantitative estimate of drug-likeness (QED) is 0.616. The van der Waals surface area contributed by atoms with Crippen LogP contribution in [0.15, 0.2) is 18.2 Å². The van der Waals surface area contributed by atoms with E-state index in [9.17, 15) is 9.59 Å². The molecule has 0 heterocycles. The minimum atomic E-state index is -1.46. The molecule has 0 aliphatic carbocycles. The molecule has 0 aromatic heterocycles. The predicted octanol–water partition coefficient (Wildman–Crippen LogP) is 1.77. The lowest BCUT2D eigenvalue weighted by molar-refractivity contribution is -0.146. The number of carboxylic acids is 1. The lowest BCUT2D eigenvalue weighted by Gasteiger charge is -2.15. The summed E-state index contributed by atoms with van der Waals surface area (Å²) in [5.74, 6) is -1.29. The maximum atomic E-state index is 11.8. The van der Waals surface area contributed by atoms with Gasteiger partial charge in [0.05, 0.1) is 0 Å². The van der Waals surface area contributed by atoms with Crippen LogP contribution in [0.2, 0.25) is 0 Å². The van der Waals surface area contributed by atoms with Gasteiger partial charge in [0.2, 0.25) is 0 Å². The highest BCUT2D eigenvalue weighted by atomic mass is 16.4. The van der Waals surface area contributed by atoms with Gasteiger partial charge in [-0.15, -0.1) is 0 Å². The van der Waals surface area contributed by atoms with E-state index in [1.54, 1.807) is 0 Å². The zero-order valence-corrected chi connectivity index (χ0v) is 12.3. The van der Waals surface area contributed by atoms with Crippen molar-refractivity contribution in [2.75, 3.05) is 11.9 Å². The molecule has 116 valence electrons. The van der Waals surface area contributed by atoms with Crippen molar-refractivity contribution >= 4 is 17.7 Å². The van der Waals surface area contributed by atoms with E-state index in [1.807, 2.05) is 32.0 Å². The van der Waals surface area contributed by atoms with Gasteiger partial charge < -0.3 is 20.8 Å². The Kier molecular flexibility index (Phi) is 6.68. The largest absolute Gasteiger partial charge is 0.479 e. The molecule has 1 aromatic rings. The molecule has 1 aromatic carbocycles. The summed E-state index contributed by atoms with van der Waals surface area (Å²) in [5.41, 5.74) is 2.91. The summed E-state index contributed by atoms with van der Waals surface area (Å²) in [6.45, 7) is 4.12. The van der Waals surface area contributed by atoms with Crippen LogP contribution in [0.25, 0.3) is 0 Å². The molecule has 6 heteroatoms. The number of aliphatic hydroxyl groups is 1. The second-order valence-corrected chi connectivity index (χ2v) is 4.68. The van der Waals surface area contributed by atoms with Gasteiger partial charge >= 0.3 is 12.0 Å². The Balaban J connectivity index is 2.61. The fourth-order valence-electron chi connectivity index (χ4n) is 2.01. The normalized spacial score (nSPS) is 11.8. The third-order valence-corrected chi connectivity index (χ3v) is 3.23. The number of nitrogens with one attached hydrogen (secondary N) is 2. The number of anilines is 1. The maximum absolute atomic E-state index is 11.8. The van der Waals surface area contributed by atoms with Crippen molar-refractivity contribution in [1.82, 2.24) is 5.32 Å². The number of aliphatic carboxylic acids is 1. The summed E-state index contributed by atoms with van der Waals surface area (Å²) < 4.78 is 0. The zero-order valence-electron chi connectivity index (χ0n) is 12.3. The second kappa shape index (κ2) is 8.26. The third-order valence-electron chi connectivity index (χ3n) is 3.23. The zero-order chi connectivity index (χ0) is 15.8. The number of aliphatic hydroxyl groups excluding tert-OH is 1. The van der Waals surface area contributed by atoms with Crippen molar-refractivity contribution < 1.29 is 19.8 Å². The second-order valence-electron chi connectivity index (χ2n) is 4.68. The van der Waals surface area contributed by atoms with E-state index in [4.69, 9.17) is 10.2 Å². The summed E-state index contributed by atoms with van der Waals surface area (Å²) in [4.78, 5) is 22.3. The monoisotopic (exact) mass is 294 g/mol. The average Bonchev–Trinajstić information content (AvgIpc) is 2.47. The van der Waals surface area contributed by atoms with Gasteiger partial charge in [-0.1, -0.05) is 32.0 Å². The number of aryl methyl sites for hydroxylation is 2. The van der Waals surface area contributed by atoms with Gasteiger partial charge in [0.15, 0.2) is 6.10 Å². The Morgan fingerprint density at radius 3 is 2.24 bits per heavy atom. The van der Waals surface area contributed by atoms with Gasteiger partial charge in [-0.25, -0.2) is 9.59 Å². The van der Waals surface area contributed by atoms with Crippen molar-refractivity contribution in [3.8, 4) is 0 Å². The fraction of sp³-hybridized carbons (Fsp3) is 0.467. The number of amides is 2. The molecule has 0 radical (unpaired) electrons. The number of benzene rings is 1. The first kappa shape index (κ1) is 17.0. The van der Waals surface area contributed by atoms with Crippen molar-refractivity contribution in [3.63, 3.8) is 0 Å². The van der Waals surface area contributed by atoms with Gasteiger partial charge in [0, 0.05) is 18.7 Å². The lowest BCUT2D eigenvalue weighted by Crippen LogP contribution is -2.33. The van der Waals surface area contributed by atoms with Crippen LogP contribution in [0.1, 0.15) is 31.4 Å². The minimum absolute atomic E-state index is 0.0290. The topological polar surface area (TPSA) is 98.7 Å². The minimum Gasteiger partial charge on any atom is -0.479 e. The number of urea groups is 1. The van der Waals surface area contributed by atoms with E-state index < -0.39 is 18.1 Å². The summed E-state index contributed by atoms with van der Waals surface area (Å²) in [6.07, 6.45) is 0.126. The predicted molar refractivity (Wildman–Crippen MR) is 80.5 cm³/mol. The van der Waals surface area contributed by atoms with Crippen molar-refractivity contribution in [3.05, 3.63) is 29.3 Å². The number of carbonyl (C=O) groups excluding carboxylic acids is 1. The summed E-state index contributed by atoms with van der Waals surface area (Å²) in [7, 11) is 0. The molecule has 21 heavy (non-hydrogen) atoms. The van der Waals surface area contributed by atoms with Gasteiger partial charge in [0.25, 0.3) is 0 Å². The molecule has 0 aliphatic heterocycles. The fourth-order valence-corrected chi connectivity index (χ4v) is 2.01. The van der Waals surface area contributed by atoms with Crippen LogP contribution in [-0.4, -0.2) is 34.9 Å². The van der Waals surface area contributed by atoms with Crippen LogP contribution in [0, 0.1) is 0 Å². The molecule has 1 rings (SSSR count). The number of hydrogen-bond acceptors (Lipinski definition) is 3. The van der Waals surface area contributed by atoms with E-state index in [1.165, 1.54) is 0 Å². The molecule has 0 fully saturated rings. The highest BCUT2D eigenvalue weighted by Gasteiger charge is 2.14. The molecule has 6 nitrogen and oxygen atoms in total. The number of carbonyl (C=O) groups is 2. The standard InChI is InChI=1S/C15H22N2O4/c1-3-10-6-5-7-11(4-2)13(10)17-15(21)16-9-8-12(18)14(19)20/h5-7,12,18H,3-4,8-9H2,1-2H3,(H,19,20)(H2,16,17,21). The molecule has 1 unspecified atom stereocenters. The van der Waals surface area contributed by atoms with Crippen LogP contribution in [0.4, 0.5) is 10.5 Å². The number of hydrogen-bond donors (Lipinski definition) is 4. The Bertz CT molecular complexity index is 480. The molecule has 0 aliphatic rings. The lowest BCUT2D eigenvalue weighted by atomic mass is 10.0. The summed E-state index contributed by atoms with van der Waals surface area (Å²) >= 11 is 0. The van der Waals surface area contributed by atoms with Crippen LogP contribution >= 0.6 is 0 Å². The van der Waals surface area contributed by atoms with Crippen LogP contribution < -0.4 is 10.6 Å². The van der Waals surface area contributed by atoms with Gasteiger partial charge in [-0.2, -0.15) is 0 Å². The molecule has 0 bridgehead atoms. The van der Waals surface area contributed by atoms with E-state index in [2.05, 4.69) is 10.6 Å². The van der Waals surface area contributed by atoms with Crippen molar-refractivity contribution in [2.24, 2.45) is 0 Å². The van der Waals surface area contributed by atoms with Crippen LogP contribution in [0.5, 0.6) is 0 Å². The van der Waals surface area contributed by atoms with E-state index >= 15 is 0 Å². The first-order valence-corrected chi connectivity index (χ1v) is 7.06. The van der Waals surface area contributed by atoms with E-state index in [-0.39, 0.29) is 13.0 Å². The summed E-state index contributed by atoms with van der Waals surface area (Å²) in [6, 6.07) is 5.48. The van der Waals surface area contributed by atoms with E-state index in [0.29, 0.717) is 0 Å². The molecular formula is C15H22N2O4. The van der Waals surface area contributed by atoms with Gasteiger partial charge in [-0.3, -0.25) is 0 Å². The number of para-hydroxylation sites is 1. The van der Waals surface area contributed by atoms with Gasteiger partial charge in [0.1, 0.15) is 0 Å². The Morgan fingerprint density at radius 1 is 1.19 bits per heavy atom. The highest BCUT2D eigenvalue weighted by molar-refractivity contribution is 5.91. The highest BCUT2D eigenvalue weighted by Crippen LogP contribution is 2.22. The summed E-state index contributed by atoms with van der Waals surface area (Å²) in [5, 5.41) is 23.0. The number of rotatable bonds is 7. The van der Waals surface area contributed by atoms with E-state index in [0.717, 1.165) is 29.7 Å². The van der Waals surface area contributed by atoms with Crippen LogP contribution in [0.3, 0.4) is 0 Å². The third kappa shape index (κ3) is 5.07. The molecule has 0 saturated heterocycles. The smallest absolute Gasteiger partial charge is 0.332 e. The maximum Gasteiger partial charge on any atom is 0.332 e. The molecular weight excluding hydrogens is 272 g/mol. The SMILES string of the molecule is CCc1cccc(CC)c1NC(=O)NCCC(O)C(=O)O. The molecule has 0 saturated carbocycles. The Hall–Kier alpha value is -2.08. The molecule has 1 atom stereocenters. The number of carboxylic acid groups (broad SMARTS) is 1. The Morgan fingerprint density at radius 2 is 1.76 bits per heavy atom. The van der Waals surface area contributed by atoms with Crippen molar-refractivity contribution in [2.45, 2.75) is 39.2 Å². The van der Waals surface area contributed by atoms with Gasteiger partial charge in [-0.05, 0) is 24.0 Å². The molecule has 2 amide bonds. The van der Waals surface area contributed by atoms with Crippen molar-refractivity contribution in [1.29, 1.82) is 0 Å². The first-order chi connectivity index (χ1) is 9.99. The first-order valence-electron chi connectivity index (χ1n) is 7.06. The average molecular weight is 294 g/mol.